The van der Waals surface area contributed by atoms with E-state index in [1.807, 2.05) is 30.3 Å². The van der Waals surface area contributed by atoms with E-state index in [1.165, 1.54) is 0 Å². The molecule has 0 amide bonds. The van der Waals surface area contributed by atoms with Gasteiger partial charge in [0.1, 0.15) is 5.15 Å². The lowest BCUT2D eigenvalue weighted by Gasteiger charge is -2.10. The molecule has 0 bridgehead atoms. The van der Waals surface area contributed by atoms with Crippen molar-refractivity contribution in [3.05, 3.63) is 63.9 Å². The summed E-state index contributed by atoms with van der Waals surface area (Å²) >= 11 is 11.8. The van der Waals surface area contributed by atoms with E-state index in [4.69, 9.17) is 27.9 Å². The van der Waals surface area contributed by atoms with Crippen LogP contribution in [-0.4, -0.2) is 17.1 Å². The van der Waals surface area contributed by atoms with Crippen molar-refractivity contribution in [1.29, 1.82) is 0 Å². The number of ether oxygens (including phenoxy) is 1. The van der Waals surface area contributed by atoms with Crippen molar-refractivity contribution in [2.75, 3.05) is 7.11 Å². The number of hydrogen-bond acceptors (Lipinski definition) is 3. The smallest absolute Gasteiger partial charge is 0.217 e. The van der Waals surface area contributed by atoms with Gasteiger partial charge in [0.15, 0.2) is 0 Å². The van der Waals surface area contributed by atoms with Gasteiger partial charge < -0.3 is 4.74 Å². The number of pyridine rings is 2. The molecule has 2 heterocycles. The zero-order chi connectivity index (χ0) is 14.8. The van der Waals surface area contributed by atoms with Crippen LogP contribution in [0.25, 0.3) is 10.9 Å². The highest BCUT2D eigenvalue weighted by molar-refractivity contribution is 6.41. The van der Waals surface area contributed by atoms with Crippen LogP contribution >= 0.6 is 23.2 Å². The molecule has 3 rings (SSSR count). The second-order valence-electron chi connectivity index (χ2n) is 4.64. The number of benzene rings is 1. The highest BCUT2D eigenvalue weighted by Crippen LogP contribution is 2.26. The summed E-state index contributed by atoms with van der Waals surface area (Å²) in [6, 6.07) is 11.8. The zero-order valence-electron chi connectivity index (χ0n) is 11.3. The van der Waals surface area contributed by atoms with Gasteiger partial charge >= 0.3 is 0 Å². The number of methoxy groups -OCH3 is 1. The van der Waals surface area contributed by atoms with Gasteiger partial charge in [-0.25, -0.2) is 9.97 Å². The van der Waals surface area contributed by atoms with Gasteiger partial charge in [0.2, 0.25) is 5.88 Å². The van der Waals surface area contributed by atoms with Crippen molar-refractivity contribution in [2.45, 2.75) is 6.42 Å². The van der Waals surface area contributed by atoms with Gasteiger partial charge in [-0.15, -0.1) is 0 Å². The third-order valence-corrected chi connectivity index (χ3v) is 3.89. The number of para-hydroxylation sites is 1. The molecule has 0 aliphatic rings. The third-order valence-electron chi connectivity index (χ3n) is 3.20. The van der Waals surface area contributed by atoms with Crippen LogP contribution in [0.1, 0.15) is 11.1 Å². The molecule has 0 aliphatic carbocycles. The Balaban J connectivity index is 2.04. The first-order chi connectivity index (χ1) is 10.2. The van der Waals surface area contributed by atoms with Crippen LogP contribution in [0.2, 0.25) is 10.2 Å². The minimum absolute atomic E-state index is 0.309. The summed E-state index contributed by atoms with van der Waals surface area (Å²) in [5.41, 5.74) is 2.85. The van der Waals surface area contributed by atoms with Gasteiger partial charge in [-0.3, -0.25) is 0 Å². The number of hydrogen-bond donors (Lipinski definition) is 0. The quantitative estimate of drug-likeness (QED) is 0.665. The monoisotopic (exact) mass is 318 g/mol. The van der Waals surface area contributed by atoms with E-state index in [0.29, 0.717) is 22.5 Å². The van der Waals surface area contributed by atoms with Gasteiger partial charge in [0, 0.05) is 23.6 Å². The molecule has 0 saturated carbocycles. The van der Waals surface area contributed by atoms with Crippen LogP contribution < -0.4 is 4.74 Å². The average molecular weight is 319 g/mol. The fraction of sp³-hybridized carbons (Fsp3) is 0.125. The number of rotatable bonds is 3. The van der Waals surface area contributed by atoms with E-state index in [2.05, 4.69) is 16.0 Å². The van der Waals surface area contributed by atoms with Gasteiger partial charge in [-0.1, -0.05) is 41.4 Å². The van der Waals surface area contributed by atoms with E-state index < -0.39 is 0 Å². The number of fused-ring (bicyclic) bond motifs is 1. The minimum atomic E-state index is 0.309. The minimum Gasteiger partial charge on any atom is -0.481 e. The molecule has 0 N–H and O–H groups in total. The van der Waals surface area contributed by atoms with Gasteiger partial charge in [0.25, 0.3) is 0 Å². The first-order valence-electron chi connectivity index (χ1n) is 6.40. The van der Waals surface area contributed by atoms with Crippen LogP contribution in [0.4, 0.5) is 0 Å². The predicted molar refractivity (Wildman–Crippen MR) is 85.4 cm³/mol. The number of aromatic nitrogens is 2. The second-order valence-corrected chi connectivity index (χ2v) is 5.41. The van der Waals surface area contributed by atoms with Crippen LogP contribution in [0.3, 0.4) is 0 Å². The maximum atomic E-state index is 6.01. The molecule has 0 spiro atoms. The molecule has 5 heteroatoms. The van der Waals surface area contributed by atoms with Crippen LogP contribution in [0.15, 0.2) is 42.6 Å². The molecule has 0 saturated heterocycles. The maximum absolute atomic E-state index is 6.01. The molecule has 0 aliphatic heterocycles. The molecule has 0 radical (unpaired) electrons. The summed E-state index contributed by atoms with van der Waals surface area (Å²) in [6.45, 7) is 0. The van der Waals surface area contributed by atoms with Crippen LogP contribution in [0, 0.1) is 0 Å². The molecule has 106 valence electrons. The first kappa shape index (κ1) is 14.1. The lowest BCUT2D eigenvalue weighted by atomic mass is 10.1. The average Bonchev–Trinajstić information content (AvgIpc) is 2.50. The molecule has 21 heavy (non-hydrogen) atoms. The summed E-state index contributed by atoms with van der Waals surface area (Å²) < 4.78 is 5.39. The Morgan fingerprint density at radius 3 is 2.71 bits per heavy atom. The molecule has 2 aromatic heterocycles. The Hall–Kier alpha value is -1.84. The highest BCUT2D eigenvalue weighted by Gasteiger charge is 2.09. The van der Waals surface area contributed by atoms with Crippen molar-refractivity contribution >= 4 is 34.1 Å². The van der Waals surface area contributed by atoms with Crippen molar-refractivity contribution in [3.63, 3.8) is 0 Å². The first-order valence-corrected chi connectivity index (χ1v) is 7.15. The molecule has 1 aromatic carbocycles. The van der Waals surface area contributed by atoms with Crippen LogP contribution in [-0.2, 0) is 6.42 Å². The fourth-order valence-corrected chi connectivity index (χ4v) is 2.52. The maximum Gasteiger partial charge on any atom is 0.217 e. The van der Waals surface area contributed by atoms with Crippen molar-refractivity contribution < 1.29 is 4.74 Å². The summed E-state index contributed by atoms with van der Waals surface area (Å²) in [6.07, 6.45) is 2.34. The predicted octanol–water partition coefficient (Wildman–Crippen LogP) is 4.54. The summed E-state index contributed by atoms with van der Waals surface area (Å²) in [5, 5.41) is 1.83. The lowest BCUT2D eigenvalue weighted by molar-refractivity contribution is 0.395. The lowest BCUT2D eigenvalue weighted by Crippen LogP contribution is -1.98. The Kier molecular flexibility index (Phi) is 3.95. The number of nitrogens with zero attached hydrogens (tertiary/aromatic N) is 2. The standard InChI is InChI=1S/C16H12Cl2N2O/c1-21-16-12(6-10-7-13(17)15(18)19-9-10)8-11-4-2-3-5-14(11)20-16/h2-5,7-9H,6H2,1H3. The second kappa shape index (κ2) is 5.88. The largest absolute Gasteiger partial charge is 0.481 e. The SMILES string of the molecule is COc1nc2ccccc2cc1Cc1cnc(Cl)c(Cl)c1. The highest BCUT2D eigenvalue weighted by atomic mass is 35.5. The van der Waals surface area contributed by atoms with E-state index >= 15 is 0 Å². The summed E-state index contributed by atoms with van der Waals surface area (Å²) in [5.74, 6) is 0.611. The van der Waals surface area contributed by atoms with E-state index in [0.717, 1.165) is 22.0 Å². The van der Waals surface area contributed by atoms with Gasteiger partial charge in [-0.05, 0) is 23.8 Å². The van der Waals surface area contributed by atoms with Crippen LogP contribution in [0.5, 0.6) is 5.88 Å². The van der Waals surface area contributed by atoms with Crippen molar-refractivity contribution in [3.8, 4) is 5.88 Å². The molecule has 0 fully saturated rings. The molecule has 0 unspecified atom stereocenters. The Labute approximate surface area is 132 Å². The zero-order valence-corrected chi connectivity index (χ0v) is 12.8. The number of halogens is 2. The normalized spacial score (nSPS) is 10.8. The summed E-state index contributed by atoms with van der Waals surface area (Å²) in [7, 11) is 1.62. The van der Waals surface area contributed by atoms with Crippen molar-refractivity contribution in [2.24, 2.45) is 0 Å². The molecule has 0 atom stereocenters. The molecule has 3 nitrogen and oxygen atoms in total. The van der Waals surface area contributed by atoms with E-state index in [9.17, 15) is 0 Å². The Morgan fingerprint density at radius 2 is 1.95 bits per heavy atom. The Bertz CT molecular complexity index is 805. The molecule has 3 aromatic rings. The topological polar surface area (TPSA) is 35.0 Å². The third kappa shape index (κ3) is 2.94. The molecular weight excluding hydrogens is 307 g/mol. The summed E-state index contributed by atoms with van der Waals surface area (Å²) in [4.78, 5) is 8.59. The van der Waals surface area contributed by atoms with Gasteiger partial charge in [0.05, 0.1) is 17.6 Å². The van der Waals surface area contributed by atoms with E-state index in [1.54, 1.807) is 13.3 Å². The van der Waals surface area contributed by atoms with Gasteiger partial charge in [-0.2, -0.15) is 0 Å². The van der Waals surface area contributed by atoms with Crippen molar-refractivity contribution in [1.82, 2.24) is 9.97 Å². The fourth-order valence-electron chi connectivity index (χ4n) is 2.22. The van der Waals surface area contributed by atoms with E-state index in [-0.39, 0.29) is 0 Å². The Morgan fingerprint density at radius 1 is 1.14 bits per heavy atom. The molecular formula is C16H12Cl2N2O.